The monoisotopic (exact) mass is 464 g/mol. The van der Waals surface area contributed by atoms with E-state index in [-0.39, 0.29) is 49.8 Å². The molecular formula is C27H32N2O5. The van der Waals surface area contributed by atoms with Crippen molar-refractivity contribution in [2.45, 2.75) is 51.0 Å². The maximum atomic E-state index is 12.9. The summed E-state index contributed by atoms with van der Waals surface area (Å²) >= 11 is 0. The first kappa shape index (κ1) is 23.8. The van der Waals surface area contributed by atoms with Crippen molar-refractivity contribution in [1.82, 2.24) is 10.2 Å². The summed E-state index contributed by atoms with van der Waals surface area (Å²) in [5, 5.41) is 11.9. The standard InChI is InChI=1S/C27H32N2O5/c1-2-14-29(15-13-26(31)32)25(30)16-24(18-11-12-18)28-27(33)34-17-23-21-9-5-3-7-19(21)20-8-4-6-10-22(20)23/h3-10,18,23-24H,2,11-17H2,1H3,(H,28,33)(H,31,32). The number of amides is 2. The summed E-state index contributed by atoms with van der Waals surface area (Å²) in [6, 6.07) is 16.1. The van der Waals surface area contributed by atoms with E-state index in [1.165, 1.54) is 11.1 Å². The summed E-state index contributed by atoms with van der Waals surface area (Å²) in [6.45, 7) is 2.87. The van der Waals surface area contributed by atoms with Crippen molar-refractivity contribution in [3.63, 3.8) is 0 Å². The van der Waals surface area contributed by atoms with Crippen LogP contribution in [0.1, 0.15) is 56.1 Å². The molecule has 2 N–H and O–H groups in total. The van der Waals surface area contributed by atoms with E-state index in [0.717, 1.165) is 30.4 Å². The highest BCUT2D eigenvalue weighted by Gasteiger charge is 2.35. The SMILES string of the molecule is CCCN(CCC(=O)O)C(=O)CC(NC(=O)OCC1c2ccccc2-c2ccccc21)C1CC1. The van der Waals surface area contributed by atoms with Crippen molar-refractivity contribution < 1.29 is 24.2 Å². The third-order valence-corrected chi connectivity index (χ3v) is 6.67. The second-order valence-electron chi connectivity index (χ2n) is 9.14. The molecule has 1 saturated carbocycles. The summed E-state index contributed by atoms with van der Waals surface area (Å²) in [5.41, 5.74) is 4.65. The van der Waals surface area contributed by atoms with Crippen LogP contribution in [-0.2, 0) is 14.3 Å². The summed E-state index contributed by atoms with van der Waals surface area (Å²) in [4.78, 5) is 38.1. The van der Waals surface area contributed by atoms with Crippen molar-refractivity contribution in [3.05, 3.63) is 59.7 Å². The molecule has 0 aromatic heterocycles. The normalized spacial score (nSPS) is 15.2. The quantitative estimate of drug-likeness (QED) is 0.514. The number of benzene rings is 2. The maximum absolute atomic E-state index is 12.9. The highest BCUT2D eigenvalue weighted by atomic mass is 16.5. The zero-order valence-corrected chi connectivity index (χ0v) is 19.5. The Morgan fingerprint density at radius 2 is 1.65 bits per heavy atom. The van der Waals surface area contributed by atoms with Gasteiger partial charge in [0.25, 0.3) is 0 Å². The van der Waals surface area contributed by atoms with E-state index in [1.54, 1.807) is 4.90 Å². The molecule has 2 aromatic rings. The number of nitrogens with zero attached hydrogens (tertiary/aromatic N) is 1. The number of hydrogen-bond acceptors (Lipinski definition) is 4. The van der Waals surface area contributed by atoms with E-state index >= 15 is 0 Å². The van der Waals surface area contributed by atoms with Gasteiger partial charge in [-0.15, -0.1) is 0 Å². The Morgan fingerprint density at radius 3 is 2.21 bits per heavy atom. The van der Waals surface area contributed by atoms with Crippen LogP contribution in [0.5, 0.6) is 0 Å². The Morgan fingerprint density at radius 1 is 1.03 bits per heavy atom. The number of rotatable bonds is 11. The molecule has 4 rings (SSSR count). The van der Waals surface area contributed by atoms with Gasteiger partial charge < -0.3 is 20.1 Å². The largest absolute Gasteiger partial charge is 0.481 e. The minimum atomic E-state index is -0.926. The van der Waals surface area contributed by atoms with Crippen LogP contribution in [-0.4, -0.2) is 53.7 Å². The van der Waals surface area contributed by atoms with Crippen molar-refractivity contribution >= 4 is 18.0 Å². The fraction of sp³-hybridized carbons (Fsp3) is 0.444. The predicted octanol–water partition coefficient (Wildman–Crippen LogP) is 4.41. The van der Waals surface area contributed by atoms with Gasteiger partial charge >= 0.3 is 12.1 Å². The fourth-order valence-electron chi connectivity index (χ4n) is 4.80. The molecule has 7 heteroatoms. The number of aliphatic carboxylic acids is 1. The van der Waals surface area contributed by atoms with Crippen molar-refractivity contribution in [3.8, 4) is 11.1 Å². The van der Waals surface area contributed by atoms with Crippen LogP contribution in [0.15, 0.2) is 48.5 Å². The highest BCUT2D eigenvalue weighted by molar-refractivity contribution is 5.80. The molecule has 1 fully saturated rings. The Kier molecular flexibility index (Phi) is 7.50. The zero-order valence-electron chi connectivity index (χ0n) is 19.5. The zero-order chi connectivity index (χ0) is 24.1. The minimum Gasteiger partial charge on any atom is -0.481 e. The van der Waals surface area contributed by atoms with Gasteiger partial charge in [-0.1, -0.05) is 55.5 Å². The average molecular weight is 465 g/mol. The molecule has 180 valence electrons. The van der Waals surface area contributed by atoms with Gasteiger partial charge in [0.2, 0.25) is 5.91 Å². The second kappa shape index (κ2) is 10.7. The van der Waals surface area contributed by atoms with E-state index in [4.69, 9.17) is 9.84 Å². The Balaban J connectivity index is 1.36. The Bertz CT molecular complexity index is 1000. The molecule has 0 spiro atoms. The number of carbonyl (C=O) groups excluding carboxylic acids is 2. The van der Waals surface area contributed by atoms with Crippen LogP contribution in [0.4, 0.5) is 4.79 Å². The summed E-state index contributed by atoms with van der Waals surface area (Å²) < 4.78 is 5.66. The molecule has 2 aliphatic carbocycles. The minimum absolute atomic E-state index is 0.0183. The molecule has 2 amide bonds. The fourth-order valence-corrected chi connectivity index (χ4v) is 4.80. The van der Waals surface area contributed by atoms with Gasteiger partial charge in [0.05, 0.1) is 6.42 Å². The molecule has 34 heavy (non-hydrogen) atoms. The molecule has 0 heterocycles. The maximum Gasteiger partial charge on any atom is 0.407 e. The summed E-state index contributed by atoms with van der Waals surface area (Å²) in [5.74, 6) is -0.814. The first-order valence-electron chi connectivity index (χ1n) is 12.1. The smallest absolute Gasteiger partial charge is 0.407 e. The lowest BCUT2D eigenvalue weighted by molar-refractivity contribution is -0.138. The van der Waals surface area contributed by atoms with Crippen molar-refractivity contribution in [2.24, 2.45) is 5.92 Å². The molecule has 0 radical (unpaired) electrons. The summed E-state index contributed by atoms with van der Waals surface area (Å²) in [7, 11) is 0. The predicted molar refractivity (Wildman–Crippen MR) is 128 cm³/mol. The molecule has 1 unspecified atom stereocenters. The number of ether oxygens (including phenoxy) is 1. The number of hydrogen-bond donors (Lipinski definition) is 2. The van der Waals surface area contributed by atoms with Crippen LogP contribution >= 0.6 is 0 Å². The lowest BCUT2D eigenvalue weighted by Crippen LogP contribution is -2.43. The van der Waals surface area contributed by atoms with E-state index in [2.05, 4.69) is 29.6 Å². The Hall–Kier alpha value is -3.35. The van der Waals surface area contributed by atoms with Gasteiger partial charge in [-0.25, -0.2) is 4.79 Å². The number of carboxylic acids is 1. The van der Waals surface area contributed by atoms with Gasteiger partial charge in [0, 0.05) is 31.5 Å². The van der Waals surface area contributed by atoms with E-state index in [1.807, 2.05) is 31.2 Å². The lowest BCUT2D eigenvalue weighted by atomic mass is 9.98. The number of alkyl carbamates (subject to hydrolysis) is 1. The topological polar surface area (TPSA) is 95.9 Å². The van der Waals surface area contributed by atoms with Gasteiger partial charge in [0.15, 0.2) is 0 Å². The molecule has 1 atom stereocenters. The van der Waals surface area contributed by atoms with Crippen LogP contribution < -0.4 is 5.32 Å². The molecule has 0 aliphatic heterocycles. The van der Waals surface area contributed by atoms with Crippen molar-refractivity contribution in [2.75, 3.05) is 19.7 Å². The third-order valence-electron chi connectivity index (χ3n) is 6.67. The average Bonchev–Trinajstić information content (AvgIpc) is 3.63. The Labute approximate surface area is 200 Å². The summed E-state index contributed by atoms with van der Waals surface area (Å²) in [6.07, 6.45) is 2.24. The molecule has 7 nitrogen and oxygen atoms in total. The number of carbonyl (C=O) groups is 3. The van der Waals surface area contributed by atoms with Gasteiger partial charge in [-0.05, 0) is 47.4 Å². The van der Waals surface area contributed by atoms with Crippen LogP contribution in [0.2, 0.25) is 0 Å². The lowest BCUT2D eigenvalue weighted by Gasteiger charge is -2.25. The molecule has 2 aliphatic rings. The second-order valence-corrected chi connectivity index (χ2v) is 9.14. The number of fused-ring (bicyclic) bond motifs is 3. The molecular weight excluding hydrogens is 432 g/mol. The third kappa shape index (κ3) is 5.58. The van der Waals surface area contributed by atoms with Gasteiger partial charge in [-0.3, -0.25) is 9.59 Å². The van der Waals surface area contributed by atoms with Gasteiger partial charge in [-0.2, -0.15) is 0 Å². The van der Waals surface area contributed by atoms with E-state index in [0.29, 0.717) is 6.54 Å². The molecule has 0 saturated heterocycles. The van der Waals surface area contributed by atoms with Crippen LogP contribution in [0.3, 0.4) is 0 Å². The molecule has 0 bridgehead atoms. The van der Waals surface area contributed by atoms with E-state index in [9.17, 15) is 14.4 Å². The van der Waals surface area contributed by atoms with Crippen LogP contribution in [0, 0.1) is 5.92 Å². The number of nitrogens with one attached hydrogen (secondary N) is 1. The van der Waals surface area contributed by atoms with Crippen molar-refractivity contribution in [1.29, 1.82) is 0 Å². The van der Waals surface area contributed by atoms with Gasteiger partial charge in [0.1, 0.15) is 6.61 Å². The van der Waals surface area contributed by atoms with Crippen LogP contribution in [0.25, 0.3) is 11.1 Å². The number of carboxylic acid groups (broad SMARTS) is 1. The first-order chi connectivity index (χ1) is 16.5. The highest BCUT2D eigenvalue weighted by Crippen LogP contribution is 2.44. The molecule has 2 aromatic carbocycles. The first-order valence-corrected chi connectivity index (χ1v) is 12.1. The van der Waals surface area contributed by atoms with E-state index < -0.39 is 12.1 Å².